The molecular formula is C23H17BrO4. The van der Waals surface area contributed by atoms with Crippen LogP contribution in [0.5, 0.6) is 11.5 Å². The molecule has 3 aromatic carbocycles. The van der Waals surface area contributed by atoms with Crippen molar-refractivity contribution in [2.75, 3.05) is 7.11 Å². The minimum atomic E-state index is -0.425. The van der Waals surface area contributed by atoms with Crippen LogP contribution in [-0.2, 0) is 0 Å². The van der Waals surface area contributed by atoms with E-state index < -0.39 is 5.97 Å². The fourth-order valence-corrected chi connectivity index (χ4v) is 2.69. The number of esters is 1. The highest BCUT2D eigenvalue weighted by atomic mass is 79.9. The zero-order valence-electron chi connectivity index (χ0n) is 15.1. The maximum absolute atomic E-state index is 12.2. The third-order valence-corrected chi connectivity index (χ3v) is 4.50. The molecular weight excluding hydrogens is 420 g/mol. The predicted molar refractivity (Wildman–Crippen MR) is 112 cm³/mol. The quantitative estimate of drug-likeness (QED) is 0.219. The van der Waals surface area contributed by atoms with Crippen LogP contribution in [0.15, 0.2) is 83.3 Å². The average molecular weight is 437 g/mol. The highest BCUT2D eigenvalue weighted by Crippen LogP contribution is 2.17. The zero-order chi connectivity index (χ0) is 19.9. The van der Waals surface area contributed by atoms with Gasteiger partial charge < -0.3 is 9.47 Å². The molecule has 0 radical (unpaired) electrons. The van der Waals surface area contributed by atoms with Gasteiger partial charge in [-0.1, -0.05) is 34.1 Å². The summed E-state index contributed by atoms with van der Waals surface area (Å²) in [6.45, 7) is 0. The first-order valence-electron chi connectivity index (χ1n) is 8.49. The fraction of sp³-hybridized carbons (Fsp3) is 0.0435. The SMILES string of the molecule is COc1ccc(C(=O)/C=C/c2ccc(OC(=O)c3ccc(Br)cc3)cc2)cc1. The first-order valence-corrected chi connectivity index (χ1v) is 9.29. The van der Waals surface area contributed by atoms with Crippen LogP contribution in [0.2, 0.25) is 0 Å². The molecule has 0 heterocycles. The standard InChI is InChI=1S/C23H17BrO4/c1-27-20-13-7-17(8-14-20)22(25)15-4-16-2-11-21(12-3-16)28-23(26)18-5-9-19(24)10-6-18/h2-15H,1H3/b15-4+. The number of carbonyl (C=O) groups is 2. The maximum atomic E-state index is 12.2. The lowest BCUT2D eigenvalue weighted by molar-refractivity contribution is 0.0734. The molecule has 5 heteroatoms. The molecule has 0 amide bonds. The number of halogens is 1. The van der Waals surface area contributed by atoms with Gasteiger partial charge in [0.05, 0.1) is 12.7 Å². The summed E-state index contributed by atoms with van der Waals surface area (Å²) in [6.07, 6.45) is 3.22. The van der Waals surface area contributed by atoms with Crippen molar-refractivity contribution in [3.63, 3.8) is 0 Å². The lowest BCUT2D eigenvalue weighted by Crippen LogP contribution is -2.08. The van der Waals surface area contributed by atoms with Crippen molar-refractivity contribution in [3.8, 4) is 11.5 Å². The molecule has 0 atom stereocenters. The summed E-state index contributed by atoms with van der Waals surface area (Å²) in [5, 5.41) is 0. The van der Waals surface area contributed by atoms with E-state index in [1.165, 1.54) is 6.08 Å². The van der Waals surface area contributed by atoms with E-state index in [2.05, 4.69) is 15.9 Å². The van der Waals surface area contributed by atoms with Crippen LogP contribution in [0, 0.1) is 0 Å². The van der Waals surface area contributed by atoms with E-state index in [4.69, 9.17) is 9.47 Å². The van der Waals surface area contributed by atoms with Gasteiger partial charge in [0.25, 0.3) is 0 Å². The number of allylic oxidation sites excluding steroid dienone is 1. The molecule has 0 saturated carbocycles. The zero-order valence-corrected chi connectivity index (χ0v) is 16.7. The topological polar surface area (TPSA) is 52.6 Å². The average Bonchev–Trinajstić information content (AvgIpc) is 2.73. The van der Waals surface area contributed by atoms with E-state index in [0.29, 0.717) is 22.6 Å². The number of ether oxygens (including phenoxy) is 2. The van der Waals surface area contributed by atoms with E-state index in [1.54, 1.807) is 86.0 Å². The summed E-state index contributed by atoms with van der Waals surface area (Å²) in [6, 6.07) is 20.8. The van der Waals surface area contributed by atoms with Crippen molar-refractivity contribution >= 4 is 33.8 Å². The molecule has 28 heavy (non-hydrogen) atoms. The van der Waals surface area contributed by atoms with Gasteiger partial charge in [0, 0.05) is 10.0 Å². The predicted octanol–water partition coefficient (Wildman–Crippen LogP) is 5.57. The molecule has 0 spiro atoms. The van der Waals surface area contributed by atoms with Gasteiger partial charge in [-0.05, 0) is 72.3 Å². The minimum Gasteiger partial charge on any atom is -0.497 e. The molecule has 0 saturated heterocycles. The van der Waals surface area contributed by atoms with Crippen LogP contribution >= 0.6 is 15.9 Å². The molecule has 0 fully saturated rings. The van der Waals surface area contributed by atoms with Gasteiger partial charge in [0.2, 0.25) is 0 Å². The van der Waals surface area contributed by atoms with Gasteiger partial charge in [-0.25, -0.2) is 4.79 Å². The van der Waals surface area contributed by atoms with E-state index in [0.717, 1.165) is 10.0 Å². The second-order valence-electron chi connectivity index (χ2n) is 5.89. The number of carbonyl (C=O) groups excluding carboxylic acids is 2. The van der Waals surface area contributed by atoms with Crippen LogP contribution in [0.25, 0.3) is 6.08 Å². The molecule has 0 unspecified atom stereocenters. The van der Waals surface area contributed by atoms with E-state index >= 15 is 0 Å². The molecule has 3 aromatic rings. The van der Waals surface area contributed by atoms with Crippen LogP contribution in [0.1, 0.15) is 26.3 Å². The van der Waals surface area contributed by atoms with Gasteiger partial charge in [-0.3, -0.25) is 4.79 Å². The summed E-state index contributed by atoms with van der Waals surface area (Å²) >= 11 is 3.33. The maximum Gasteiger partial charge on any atom is 0.343 e. The Labute approximate surface area is 171 Å². The third-order valence-electron chi connectivity index (χ3n) is 3.97. The Morgan fingerprint density at radius 1 is 0.786 bits per heavy atom. The first-order chi connectivity index (χ1) is 13.5. The van der Waals surface area contributed by atoms with Crippen LogP contribution in [-0.4, -0.2) is 18.9 Å². The Hall–Kier alpha value is -3.18. The van der Waals surface area contributed by atoms with Gasteiger partial charge >= 0.3 is 5.97 Å². The Kier molecular flexibility index (Phi) is 6.40. The summed E-state index contributed by atoms with van der Waals surface area (Å²) < 4.78 is 11.3. The van der Waals surface area contributed by atoms with Crippen LogP contribution < -0.4 is 9.47 Å². The second kappa shape index (κ2) is 9.15. The lowest BCUT2D eigenvalue weighted by atomic mass is 10.1. The Morgan fingerprint density at radius 3 is 1.96 bits per heavy atom. The minimum absolute atomic E-state index is 0.103. The molecule has 0 N–H and O–H groups in total. The summed E-state index contributed by atoms with van der Waals surface area (Å²) in [7, 11) is 1.58. The number of rotatable bonds is 6. The monoisotopic (exact) mass is 436 g/mol. The highest BCUT2D eigenvalue weighted by Gasteiger charge is 2.08. The highest BCUT2D eigenvalue weighted by molar-refractivity contribution is 9.10. The van der Waals surface area contributed by atoms with E-state index in [9.17, 15) is 9.59 Å². The van der Waals surface area contributed by atoms with Gasteiger partial charge in [-0.15, -0.1) is 0 Å². The van der Waals surface area contributed by atoms with Gasteiger partial charge in [0.15, 0.2) is 5.78 Å². The molecule has 0 aliphatic rings. The van der Waals surface area contributed by atoms with Crippen molar-refractivity contribution in [1.82, 2.24) is 0 Å². The third kappa shape index (κ3) is 5.18. The lowest BCUT2D eigenvalue weighted by Gasteiger charge is -2.05. The van der Waals surface area contributed by atoms with Crippen molar-refractivity contribution in [3.05, 3.63) is 100 Å². The molecule has 3 rings (SSSR count). The van der Waals surface area contributed by atoms with Crippen LogP contribution in [0.3, 0.4) is 0 Å². The fourth-order valence-electron chi connectivity index (χ4n) is 2.42. The normalized spacial score (nSPS) is 10.6. The van der Waals surface area contributed by atoms with Crippen LogP contribution in [0.4, 0.5) is 0 Å². The molecule has 4 nitrogen and oxygen atoms in total. The van der Waals surface area contributed by atoms with Crippen molar-refractivity contribution in [2.24, 2.45) is 0 Å². The second-order valence-corrected chi connectivity index (χ2v) is 6.81. The Balaban J connectivity index is 1.61. The summed E-state index contributed by atoms with van der Waals surface area (Å²) in [4.78, 5) is 24.3. The number of ketones is 1. The number of benzene rings is 3. The number of hydrogen-bond donors (Lipinski definition) is 0. The van der Waals surface area contributed by atoms with Crippen molar-refractivity contribution < 1.29 is 19.1 Å². The molecule has 140 valence electrons. The molecule has 0 bridgehead atoms. The van der Waals surface area contributed by atoms with Gasteiger partial charge in [-0.2, -0.15) is 0 Å². The van der Waals surface area contributed by atoms with Crippen molar-refractivity contribution in [2.45, 2.75) is 0 Å². The number of hydrogen-bond acceptors (Lipinski definition) is 4. The Bertz CT molecular complexity index is 988. The first kappa shape index (κ1) is 19.6. The summed E-state index contributed by atoms with van der Waals surface area (Å²) in [5.41, 5.74) is 1.87. The van der Waals surface area contributed by atoms with Crippen molar-refractivity contribution in [1.29, 1.82) is 0 Å². The molecule has 0 aromatic heterocycles. The van der Waals surface area contributed by atoms with E-state index in [-0.39, 0.29) is 5.78 Å². The molecule has 0 aliphatic carbocycles. The summed E-state index contributed by atoms with van der Waals surface area (Å²) in [5.74, 6) is 0.610. The smallest absolute Gasteiger partial charge is 0.343 e. The largest absolute Gasteiger partial charge is 0.497 e. The molecule has 0 aliphatic heterocycles. The van der Waals surface area contributed by atoms with E-state index in [1.807, 2.05) is 0 Å². The van der Waals surface area contributed by atoms with Gasteiger partial charge in [0.1, 0.15) is 11.5 Å². The Morgan fingerprint density at radius 2 is 1.36 bits per heavy atom. The number of methoxy groups -OCH3 is 1.